The standard InChI is InChI=1S/C19H25N3O4S/c1-27-17-6-5-15(13-16(17)22(25)26)19(24)21-11-7-14(8-12-21)18(23)20-9-3-2-4-10-20/h5-6,13-14H,2-4,7-12H2,1H3. The van der Waals surface area contributed by atoms with Crippen molar-refractivity contribution in [1.29, 1.82) is 0 Å². The van der Waals surface area contributed by atoms with Crippen molar-refractivity contribution in [3.05, 3.63) is 33.9 Å². The fourth-order valence-corrected chi connectivity index (χ4v) is 4.40. The number of amides is 2. The molecule has 1 aromatic rings. The van der Waals surface area contributed by atoms with Crippen LogP contribution >= 0.6 is 11.8 Å². The minimum Gasteiger partial charge on any atom is -0.342 e. The van der Waals surface area contributed by atoms with Crippen LogP contribution in [0.2, 0.25) is 0 Å². The van der Waals surface area contributed by atoms with Gasteiger partial charge in [-0.25, -0.2) is 0 Å². The molecule has 0 saturated carbocycles. The average molecular weight is 391 g/mol. The zero-order chi connectivity index (χ0) is 19.4. The first-order valence-corrected chi connectivity index (χ1v) is 10.6. The van der Waals surface area contributed by atoms with Crippen LogP contribution in [0.1, 0.15) is 42.5 Å². The summed E-state index contributed by atoms with van der Waals surface area (Å²) in [4.78, 5) is 40.4. The summed E-state index contributed by atoms with van der Waals surface area (Å²) in [5, 5.41) is 11.2. The summed E-state index contributed by atoms with van der Waals surface area (Å²) in [5.74, 6) is 0.0109. The molecule has 0 aliphatic carbocycles. The third kappa shape index (κ3) is 4.43. The fourth-order valence-electron chi connectivity index (χ4n) is 3.85. The fraction of sp³-hybridized carbons (Fsp3) is 0.579. The molecule has 0 N–H and O–H groups in total. The lowest BCUT2D eigenvalue weighted by molar-refractivity contribution is -0.387. The second kappa shape index (κ2) is 8.73. The van der Waals surface area contributed by atoms with Crippen molar-refractivity contribution >= 4 is 29.3 Å². The number of rotatable bonds is 4. The quantitative estimate of drug-likeness (QED) is 0.447. The van der Waals surface area contributed by atoms with Gasteiger partial charge in [-0.1, -0.05) is 0 Å². The summed E-state index contributed by atoms with van der Waals surface area (Å²) < 4.78 is 0. The van der Waals surface area contributed by atoms with Crippen LogP contribution in [0.25, 0.3) is 0 Å². The molecule has 7 nitrogen and oxygen atoms in total. The number of nitro benzene ring substituents is 1. The number of piperidine rings is 2. The van der Waals surface area contributed by atoms with Crippen molar-refractivity contribution in [3.63, 3.8) is 0 Å². The van der Waals surface area contributed by atoms with Gasteiger partial charge in [-0.05, 0) is 50.5 Å². The third-order valence-electron chi connectivity index (χ3n) is 5.42. The molecule has 0 radical (unpaired) electrons. The van der Waals surface area contributed by atoms with Gasteiger partial charge in [0.2, 0.25) is 5.91 Å². The minimum absolute atomic E-state index is 0.0136. The normalized spacial score (nSPS) is 18.4. The number of carbonyl (C=O) groups is 2. The SMILES string of the molecule is CSc1ccc(C(=O)N2CCC(C(=O)N3CCCCC3)CC2)cc1[N+](=O)[O-]. The molecule has 2 aliphatic heterocycles. The molecule has 3 rings (SSSR count). The topological polar surface area (TPSA) is 83.8 Å². The predicted molar refractivity (Wildman–Crippen MR) is 104 cm³/mol. The average Bonchev–Trinajstić information content (AvgIpc) is 2.73. The highest BCUT2D eigenvalue weighted by Crippen LogP contribution is 2.29. The number of thioether (sulfide) groups is 1. The number of hydrogen-bond acceptors (Lipinski definition) is 5. The van der Waals surface area contributed by atoms with Gasteiger partial charge >= 0.3 is 0 Å². The van der Waals surface area contributed by atoms with Crippen LogP contribution in [-0.4, -0.2) is 59.0 Å². The van der Waals surface area contributed by atoms with E-state index in [9.17, 15) is 19.7 Å². The van der Waals surface area contributed by atoms with Gasteiger partial charge in [-0.2, -0.15) is 0 Å². The summed E-state index contributed by atoms with van der Waals surface area (Å²) >= 11 is 1.29. The zero-order valence-electron chi connectivity index (χ0n) is 15.6. The van der Waals surface area contributed by atoms with Crippen molar-refractivity contribution in [1.82, 2.24) is 9.80 Å². The van der Waals surface area contributed by atoms with Crippen LogP contribution in [0.4, 0.5) is 5.69 Å². The van der Waals surface area contributed by atoms with Crippen molar-refractivity contribution in [3.8, 4) is 0 Å². The second-order valence-corrected chi connectivity index (χ2v) is 7.94. The van der Waals surface area contributed by atoms with Crippen LogP contribution < -0.4 is 0 Å². The Labute approximate surface area is 163 Å². The molecule has 2 amide bonds. The summed E-state index contributed by atoms with van der Waals surface area (Å²) in [6.07, 6.45) is 6.44. The number of carbonyl (C=O) groups excluding carboxylic acids is 2. The Bertz CT molecular complexity index is 726. The Morgan fingerprint density at radius 3 is 2.33 bits per heavy atom. The molecule has 0 unspecified atom stereocenters. The molecule has 2 saturated heterocycles. The number of likely N-dealkylation sites (tertiary alicyclic amines) is 2. The Morgan fingerprint density at radius 2 is 1.74 bits per heavy atom. The van der Waals surface area contributed by atoms with Crippen LogP contribution in [0.3, 0.4) is 0 Å². The Morgan fingerprint density at radius 1 is 1.07 bits per heavy atom. The van der Waals surface area contributed by atoms with E-state index in [1.807, 2.05) is 4.90 Å². The molecule has 0 atom stereocenters. The summed E-state index contributed by atoms with van der Waals surface area (Å²) in [6, 6.07) is 4.63. The Hall–Kier alpha value is -2.09. The summed E-state index contributed by atoms with van der Waals surface area (Å²) in [5.41, 5.74) is 0.295. The molecule has 2 heterocycles. The molecule has 0 spiro atoms. The lowest BCUT2D eigenvalue weighted by Gasteiger charge is -2.35. The van der Waals surface area contributed by atoms with E-state index in [1.165, 1.54) is 24.2 Å². The first-order chi connectivity index (χ1) is 13.0. The molecular formula is C19H25N3O4S. The minimum atomic E-state index is -0.452. The highest BCUT2D eigenvalue weighted by Gasteiger charge is 2.31. The van der Waals surface area contributed by atoms with E-state index in [-0.39, 0.29) is 23.4 Å². The molecule has 2 aliphatic rings. The molecule has 8 heteroatoms. The van der Waals surface area contributed by atoms with E-state index < -0.39 is 4.92 Å². The third-order valence-corrected chi connectivity index (χ3v) is 6.21. The Balaban J connectivity index is 1.62. The van der Waals surface area contributed by atoms with Gasteiger partial charge in [0, 0.05) is 43.7 Å². The van der Waals surface area contributed by atoms with Gasteiger partial charge in [0.05, 0.1) is 9.82 Å². The summed E-state index contributed by atoms with van der Waals surface area (Å²) in [6.45, 7) is 2.73. The number of nitro groups is 1. The highest BCUT2D eigenvalue weighted by atomic mass is 32.2. The first-order valence-electron chi connectivity index (χ1n) is 9.41. The number of nitrogens with zero attached hydrogens (tertiary/aromatic N) is 3. The van der Waals surface area contributed by atoms with Gasteiger partial charge in [0.15, 0.2) is 0 Å². The van der Waals surface area contributed by atoms with E-state index in [2.05, 4.69) is 0 Å². The zero-order valence-corrected chi connectivity index (χ0v) is 16.4. The van der Waals surface area contributed by atoms with Crippen molar-refractivity contribution in [2.24, 2.45) is 5.92 Å². The first kappa shape index (κ1) is 19.7. The molecule has 0 bridgehead atoms. The number of hydrogen-bond donors (Lipinski definition) is 0. The van der Waals surface area contributed by atoms with Crippen LogP contribution in [0.5, 0.6) is 0 Å². The van der Waals surface area contributed by atoms with Crippen molar-refractivity contribution < 1.29 is 14.5 Å². The molecule has 146 valence electrons. The summed E-state index contributed by atoms with van der Waals surface area (Å²) in [7, 11) is 0. The van der Waals surface area contributed by atoms with Gasteiger partial charge in [0.25, 0.3) is 11.6 Å². The lowest BCUT2D eigenvalue weighted by atomic mass is 9.94. The van der Waals surface area contributed by atoms with Crippen molar-refractivity contribution in [2.45, 2.75) is 37.0 Å². The van der Waals surface area contributed by atoms with E-state index >= 15 is 0 Å². The van der Waals surface area contributed by atoms with Gasteiger partial charge < -0.3 is 9.80 Å². The van der Waals surface area contributed by atoms with Gasteiger partial charge in [-0.15, -0.1) is 11.8 Å². The highest BCUT2D eigenvalue weighted by molar-refractivity contribution is 7.98. The van der Waals surface area contributed by atoms with E-state index in [4.69, 9.17) is 0 Å². The molecular weight excluding hydrogens is 366 g/mol. The maximum Gasteiger partial charge on any atom is 0.283 e. The smallest absolute Gasteiger partial charge is 0.283 e. The van der Waals surface area contributed by atoms with E-state index in [0.717, 1.165) is 25.9 Å². The monoisotopic (exact) mass is 391 g/mol. The molecule has 27 heavy (non-hydrogen) atoms. The van der Waals surface area contributed by atoms with Gasteiger partial charge in [-0.3, -0.25) is 19.7 Å². The van der Waals surface area contributed by atoms with Crippen LogP contribution in [0.15, 0.2) is 23.1 Å². The molecule has 0 aromatic heterocycles. The maximum absolute atomic E-state index is 12.8. The van der Waals surface area contributed by atoms with Crippen LogP contribution in [0, 0.1) is 16.0 Å². The largest absolute Gasteiger partial charge is 0.342 e. The van der Waals surface area contributed by atoms with Crippen molar-refractivity contribution in [2.75, 3.05) is 32.4 Å². The second-order valence-electron chi connectivity index (χ2n) is 7.10. The van der Waals surface area contributed by atoms with E-state index in [0.29, 0.717) is 36.4 Å². The van der Waals surface area contributed by atoms with Gasteiger partial charge in [0.1, 0.15) is 0 Å². The van der Waals surface area contributed by atoms with E-state index in [1.54, 1.807) is 23.3 Å². The number of benzene rings is 1. The van der Waals surface area contributed by atoms with Crippen LogP contribution in [-0.2, 0) is 4.79 Å². The Kier molecular flexibility index (Phi) is 6.36. The predicted octanol–water partition coefficient (Wildman–Crippen LogP) is 3.18. The maximum atomic E-state index is 12.8. The molecule has 2 fully saturated rings. The lowest BCUT2D eigenvalue weighted by Crippen LogP contribution is -2.45. The molecule has 1 aromatic carbocycles.